The van der Waals surface area contributed by atoms with Crippen LogP contribution < -0.4 is 4.74 Å². The molecule has 2 atom stereocenters. The van der Waals surface area contributed by atoms with Crippen LogP contribution in [0.4, 0.5) is 0 Å². The summed E-state index contributed by atoms with van der Waals surface area (Å²) in [6.07, 6.45) is 7.39. The molecular formula is C32H37N5O3. The van der Waals surface area contributed by atoms with E-state index in [9.17, 15) is 9.59 Å². The second kappa shape index (κ2) is 11.4. The predicted octanol–water partition coefficient (Wildman–Crippen LogP) is 3.86. The van der Waals surface area contributed by atoms with E-state index in [0.717, 1.165) is 56.8 Å². The summed E-state index contributed by atoms with van der Waals surface area (Å²) in [4.78, 5) is 41.4. The van der Waals surface area contributed by atoms with Crippen molar-refractivity contribution in [3.8, 4) is 5.75 Å². The zero-order valence-corrected chi connectivity index (χ0v) is 23.1. The Bertz CT molecular complexity index is 1310. The molecule has 0 N–H and O–H groups in total. The van der Waals surface area contributed by atoms with Crippen LogP contribution >= 0.6 is 0 Å². The standard InChI is InChI=1S/C32H37N5O3/c1-40-28-9-7-24(8-10-28)19-36-16-13-32(31(36)39)11-14-35(15-12-32)20-27-21-37(30(38)26-17-33-23-34-18-26)22-29(27)25-5-3-2-4-6-25/h2-10,17-18,23,27,29H,11-16,19-22H2,1H3/t27-,29+/m0/s1. The molecule has 0 bridgehead atoms. The molecule has 0 unspecified atom stereocenters. The number of methoxy groups -OCH3 is 1. The summed E-state index contributed by atoms with van der Waals surface area (Å²) in [5.74, 6) is 1.75. The fraction of sp³-hybridized carbons (Fsp3) is 0.438. The number of aromatic nitrogens is 2. The van der Waals surface area contributed by atoms with E-state index in [1.54, 1.807) is 19.5 Å². The number of amides is 2. The van der Waals surface area contributed by atoms with Gasteiger partial charge in [0.15, 0.2) is 0 Å². The first kappa shape index (κ1) is 26.4. The number of hydrogen-bond acceptors (Lipinski definition) is 6. The Hall–Kier alpha value is -3.78. The lowest BCUT2D eigenvalue weighted by molar-refractivity contribution is -0.139. The zero-order chi connectivity index (χ0) is 27.5. The summed E-state index contributed by atoms with van der Waals surface area (Å²) in [6, 6.07) is 18.6. The fourth-order valence-corrected chi connectivity index (χ4v) is 6.85. The molecule has 3 aliphatic heterocycles. The third-order valence-corrected chi connectivity index (χ3v) is 9.20. The number of hydrogen-bond donors (Lipinski definition) is 0. The summed E-state index contributed by atoms with van der Waals surface area (Å²) in [5, 5.41) is 0. The number of rotatable bonds is 7. The van der Waals surface area contributed by atoms with Gasteiger partial charge in [0.25, 0.3) is 5.91 Å². The quantitative estimate of drug-likeness (QED) is 0.454. The Morgan fingerprint density at radius 1 is 0.950 bits per heavy atom. The Labute approximate surface area is 236 Å². The van der Waals surface area contributed by atoms with Gasteiger partial charge in [-0.3, -0.25) is 9.59 Å². The van der Waals surface area contributed by atoms with Crippen LogP contribution in [0.25, 0.3) is 0 Å². The minimum absolute atomic E-state index is 0.00451. The summed E-state index contributed by atoms with van der Waals surface area (Å²) in [7, 11) is 1.67. The highest BCUT2D eigenvalue weighted by atomic mass is 16.5. The van der Waals surface area contributed by atoms with Crippen molar-refractivity contribution in [3.63, 3.8) is 0 Å². The minimum Gasteiger partial charge on any atom is -0.497 e. The van der Waals surface area contributed by atoms with Crippen molar-refractivity contribution in [2.24, 2.45) is 11.3 Å². The molecule has 8 heteroatoms. The number of ether oxygens (including phenoxy) is 1. The van der Waals surface area contributed by atoms with Gasteiger partial charge in [-0.2, -0.15) is 0 Å². The van der Waals surface area contributed by atoms with E-state index in [4.69, 9.17) is 4.74 Å². The van der Waals surface area contributed by atoms with Crippen molar-refractivity contribution in [3.05, 3.63) is 90.0 Å². The fourth-order valence-electron chi connectivity index (χ4n) is 6.85. The van der Waals surface area contributed by atoms with Crippen LogP contribution in [-0.2, 0) is 11.3 Å². The largest absolute Gasteiger partial charge is 0.497 e. The van der Waals surface area contributed by atoms with Crippen molar-refractivity contribution < 1.29 is 14.3 Å². The lowest BCUT2D eigenvalue weighted by Crippen LogP contribution is -2.46. The first-order valence-corrected chi connectivity index (χ1v) is 14.3. The van der Waals surface area contributed by atoms with Gasteiger partial charge in [0.05, 0.1) is 18.1 Å². The van der Waals surface area contributed by atoms with Gasteiger partial charge in [-0.25, -0.2) is 9.97 Å². The lowest BCUT2D eigenvalue weighted by atomic mass is 9.76. The highest BCUT2D eigenvalue weighted by molar-refractivity contribution is 5.93. The number of benzene rings is 2. The molecule has 40 heavy (non-hydrogen) atoms. The molecule has 3 aromatic rings. The maximum Gasteiger partial charge on any atom is 0.257 e. The number of carbonyl (C=O) groups is 2. The maximum absolute atomic E-state index is 13.6. The monoisotopic (exact) mass is 539 g/mol. The summed E-state index contributed by atoms with van der Waals surface area (Å²) < 4.78 is 5.27. The Balaban J connectivity index is 1.09. The highest BCUT2D eigenvalue weighted by Crippen LogP contribution is 2.43. The van der Waals surface area contributed by atoms with E-state index >= 15 is 0 Å². The second-order valence-electron chi connectivity index (χ2n) is 11.5. The van der Waals surface area contributed by atoms with Crippen LogP contribution in [0.1, 0.15) is 46.7 Å². The van der Waals surface area contributed by atoms with Gasteiger partial charge in [0, 0.05) is 51.0 Å². The average molecular weight is 540 g/mol. The van der Waals surface area contributed by atoms with Crippen LogP contribution in [0, 0.1) is 11.3 Å². The molecule has 3 aliphatic rings. The van der Waals surface area contributed by atoms with Crippen LogP contribution in [0.2, 0.25) is 0 Å². The SMILES string of the molecule is COc1ccc(CN2CCC3(CCN(C[C@H]4CN(C(=O)c5cncnc5)C[C@@H]4c4ccccc4)CC3)C2=O)cc1. The summed E-state index contributed by atoms with van der Waals surface area (Å²) in [5.41, 5.74) is 2.72. The van der Waals surface area contributed by atoms with Gasteiger partial charge in [0.2, 0.25) is 5.91 Å². The molecule has 0 saturated carbocycles. The molecule has 1 aromatic heterocycles. The Morgan fingerprint density at radius 2 is 1.65 bits per heavy atom. The summed E-state index contributed by atoms with van der Waals surface area (Å²) >= 11 is 0. The van der Waals surface area contributed by atoms with E-state index in [0.29, 0.717) is 37.0 Å². The molecule has 2 amide bonds. The normalized spacial score (nSPS) is 22.7. The lowest BCUT2D eigenvalue weighted by Gasteiger charge is -2.39. The zero-order valence-electron chi connectivity index (χ0n) is 23.1. The van der Waals surface area contributed by atoms with E-state index in [-0.39, 0.29) is 17.2 Å². The molecule has 8 nitrogen and oxygen atoms in total. The number of likely N-dealkylation sites (tertiary alicyclic amines) is 3. The topological polar surface area (TPSA) is 78.9 Å². The van der Waals surface area contributed by atoms with Crippen molar-refractivity contribution >= 4 is 11.8 Å². The van der Waals surface area contributed by atoms with Crippen LogP contribution in [0.3, 0.4) is 0 Å². The molecule has 2 aromatic carbocycles. The van der Waals surface area contributed by atoms with Crippen LogP contribution in [-0.4, -0.2) is 82.9 Å². The van der Waals surface area contributed by atoms with Gasteiger partial charge >= 0.3 is 0 Å². The van der Waals surface area contributed by atoms with Gasteiger partial charge in [-0.05, 0) is 61.5 Å². The minimum atomic E-state index is -0.229. The summed E-state index contributed by atoms with van der Waals surface area (Å²) in [6.45, 7) is 5.65. The van der Waals surface area contributed by atoms with Crippen LogP contribution in [0.15, 0.2) is 73.3 Å². The molecule has 0 aliphatic carbocycles. The predicted molar refractivity (Wildman–Crippen MR) is 152 cm³/mol. The maximum atomic E-state index is 13.6. The van der Waals surface area contributed by atoms with E-state index in [1.165, 1.54) is 11.9 Å². The molecule has 208 valence electrons. The number of piperidine rings is 1. The first-order chi connectivity index (χ1) is 19.5. The van der Waals surface area contributed by atoms with E-state index < -0.39 is 0 Å². The molecule has 1 spiro atoms. The molecular weight excluding hydrogens is 502 g/mol. The number of nitrogens with zero attached hydrogens (tertiary/aromatic N) is 5. The van der Waals surface area contributed by atoms with Crippen molar-refractivity contribution in [2.75, 3.05) is 46.4 Å². The van der Waals surface area contributed by atoms with Crippen molar-refractivity contribution in [1.29, 1.82) is 0 Å². The van der Waals surface area contributed by atoms with E-state index in [1.807, 2.05) is 40.1 Å². The average Bonchev–Trinajstić information content (AvgIpc) is 3.56. The van der Waals surface area contributed by atoms with Crippen molar-refractivity contribution in [1.82, 2.24) is 24.7 Å². The molecule has 3 saturated heterocycles. The van der Waals surface area contributed by atoms with Gasteiger partial charge in [-0.1, -0.05) is 42.5 Å². The Kier molecular flexibility index (Phi) is 7.52. The third-order valence-electron chi connectivity index (χ3n) is 9.20. The molecule has 0 radical (unpaired) electrons. The smallest absolute Gasteiger partial charge is 0.257 e. The number of carbonyl (C=O) groups excluding carboxylic acids is 2. The van der Waals surface area contributed by atoms with Gasteiger partial charge < -0.3 is 19.4 Å². The van der Waals surface area contributed by atoms with Gasteiger partial charge in [-0.15, -0.1) is 0 Å². The molecule has 4 heterocycles. The van der Waals surface area contributed by atoms with Crippen molar-refractivity contribution in [2.45, 2.75) is 31.7 Å². The van der Waals surface area contributed by atoms with Gasteiger partial charge in [0.1, 0.15) is 12.1 Å². The first-order valence-electron chi connectivity index (χ1n) is 14.3. The molecule has 6 rings (SSSR count). The molecule has 3 fully saturated rings. The second-order valence-corrected chi connectivity index (χ2v) is 11.5. The highest BCUT2D eigenvalue weighted by Gasteiger charge is 2.48. The van der Waals surface area contributed by atoms with E-state index in [2.05, 4.69) is 39.1 Å². The van der Waals surface area contributed by atoms with Crippen LogP contribution in [0.5, 0.6) is 5.75 Å². The third kappa shape index (κ3) is 5.32. The Morgan fingerprint density at radius 3 is 2.35 bits per heavy atom.